The van der Waals surface area contributed by atoms with E-state index in [-0.39, 0.29) is 0 Å². The third kappa shape index (κ3) is 22.4. The molecule has 32 N–H and O–H groups in total. The lowest BCUT2D eigenvalue weighted by Crippen LogP contribution is -2.71. The van der Waals surface area contributed by atoms with Crippen LogP contribution in [0.2, 0.25) is 0 Å². The van der Waals surface area contributed by atoms with Crippen LogP contribution in [0.3, 0.4) is 0 Å². The zero-order valence-electron chi connectivity index (χ0n) is 66.0. The normalized spacial score (nSPS) is 46.6. The topological polar surface area (TPSA) is 874 Å². The van der Waals surface area contributed by atoms with Crippen molar-refractivity contribution in [3.8, 4) is 0 Å². The van der Waals surface area contributed by atoms with E-state index >= 15 is 0 Å². The highest BCUT2D eigenvalue weighted by molar-refractivity contribution is 5.78. The number of aliphatic hydroxyl groups is 26. The van der Waals surface area contributed by atoms with Gasteiger partial charge in [-0.15, -0.1) is 0 Å². The van der Waals surface area contributed by atoms with Gasteiger partial charge in [-0.3, -0.25) is 19.2 Å². The van der Waals surface area contributed by atoms with Crippen LogP contribution in [0.15, 0.2) is 0 Å². The van der Waals surface area contributed by atoms with Gasteiger partial charge in [0.05, 0.1) is 83.3 Å². The number of aliphatic carboxylic acids is 2. The van der Waals surface area contributed by atoms with Gasteiger partial charge in [0.25, 0.3) is 11.6 Å². The number of carbonyl (C=O) groups excluding carboxylic acids is 4. The van der Waals surface area contributed by atoms with Crippen molar-refractivity contribution >= 4 is 35.6 Å². The average molecular weight is 1800 g/mol. The number of amides is 4. The molecule has 0 aromatic carbocycles. The van der Waals surface area contributed by atoms with E-state index in [1.165, 1.54) is 6.92 Å². The molecule has 710 valence electrons. The fraction of sp³-hybridized carbons (Fsp3) is 0.912. The van der Waals surface area contributed by atoms with Crippen molar-refractivity contribution in [3.05, 3.63) is 0 Å². The van der Waals surface area contributed by atoms with Crippen molar-refractivity contribution in [2.24, 2.45) is 0 Å². The summed E-state index contributed by atoms with van der Waals surface area (Å²) >= 11 is 0. The van der Waals surface area contributed by atoms with Gasteiger partial charge in [0, 0.05) is 40.5 Å². The maximum absolute atomic E-state index is 13.6. The molecule has 9 fully saturated rings. The number of carboxylic acid groups (broad SMARTS) is 2. The van der Waals surface area contributed by atoms with Crippen molar-refractivity contribution in [1.82, 2.24) is 21.3 Å². The lowest BCUT2D eigenvalue weighted by atomic mass is 9.88. The number of aliphatic hydroxyl groups excluding tert-OH is 26. The smallest absolute Gasteiger partial charge is 0.364 e. The summed E-state index contributed by atoms with van der Waals surface area (Å²) in [6.45, 7) is -4.98. The van der Waals surface area contributed by atoms with Crippen LogP contribution in [0.1, 0.15) is 47.5 Å². The second kappa shape index (κ2) is 43.2. The Kier molecular flexibility index (Phi) is 35.8. The second-order valence-electron chi connectivity index (χ2n) is 31.0. The Morgan fingerprint density at radius 2 is 0.740 bits per heavy atom. The van der Waals surface area contributed by atoms with Gasteiger partial charge in [-0.1, -0.05) is 0 Å². The first-order valence-electron chi connectivity index (χ1n) is 38.7. The Labute approximate surface area is 694 Å². The van der Waals surface area contributed by atoms with E-state index in [1.807, 2.05) is 0 Å². The number of rotatable bonds is 34. The summed E-state index contributed by atoms with van der Waals surface area (Å²) in [6, 6.07) is -7.62. The summed E-state index contributed by atoms with van der Waals surface area (Å²) in [7, 11) is 0. The number of nitrogens with one attached hydrogen (secondary N) is 4. The van der Waals surface area contributed by atoms with Crippen molar-refractivity contribution in [2.45, 2.75) is 335 Å². The minimum atomic E-state index is -3.30. The zero-order valence-corrected chi connectivity index (χ0v) is 66.0. The Balaban J connectivity index is 1.02. The van der Waals surface area contributed by atoms with E-state index < -0.39 is 389 Å². The van der Waals surface area contributed by atoms with Crippen molar-refractivity contribution in [1.29, 1.82) is 0 Å². The van der Waals surface area contributed by atoms with Crippen LogP contribution < -0.4 is 21.3 Å². The number of ether oxygens (including phenoxy) is 17. The number of carboxylic acids is 2. The molecule has 123 heavy (non-hydrogen) atoms. The maximum atomic E-state index is 13.6. The van der Waals surface area contributed by atoms with E-state index in [4.69, 9.17) is 80.5 Å². The Morgan fingerprint density at radius 3 is 1.24 bits per heavy atom. The highest BCUT2D eigenvalue weighted by atomic mass is 16.8. The summed E-state index contributed by atoms with van der Waals surface area (Å²) in [5.41, 5.74) is 0. The van der Waals surface area contributed by atoms with Crippen LogP contribution in [0.25, 0.3) is 0 Å². The van der Waals surface area contributed by atoms with Crippen LogP contribution >= 0.6 is 0 Å². The fourth-order valence-electron chi connectivity index (χ4n) is 15.7. The summed E-state index contributed by atoms with van der Waals surface area (Å²) in [5, 5.41) is 319. The maximum Gasteiger partial charge on any atom is 0.364 e. The molecule has 0 aliphatic carbocycles. The predicted octanol–water partition coefficient (Wildman–Crippen LogP) is -20.6. The lowest BCUT2D eigenvalue weighted by Gasteiger charge is -2.52. The molecule has 9 saturated heterocycles. The molecule has 9 rings (SSSR count). The van der Waals surface area contributed by atoms with Gasteiger partial charge in [-0.25, -0.2) is 9.59 Å². The molecule has 9 aliphatic heterocycles. The molecule has 0 saturated carbocycles. The highest BCUT2D eigenvalue weighted by Gasteiger charge is 2.64. The zero-order chi connectivity index (χ0) is 91.4. The van der Waals surface area contributed by atoms with Crippen molar-refractivity contribution in [2.75, 3.05) is 52.9 Å². The van der Waals surface area contributed by atoms with Crippen molar-refractivity contribution < 1.29 is 252 Å². The molecule has 0 aromatic heterocycles. The molecular formula is C68H112N4O51. The standard InChI is InChI=1S/C68H112N4O51/c1-16-35(87)42(94)46(98)61(109-16)119-55-34(72-20(5)82)60(113-28(13-78)52(55)118-62-47(99)43(95)38(90)30(115-62)15-108-67(65(103)104)6-21(83)31(69-17(2)79)53(121-67)36(88)23(85)8-73)120-56-40(92)29(114-63(48(56)100)117-51-26(11-76)110-58(102)45(97)44(51)96)14-107-59-33(71-19(4)81)41(93)50(27(12-77)112-59)116-64-49(101)57(39(91)25(10-75)111-64)123-68(66(105)106)7-22(84)32(70-18(3)80)54(122-68)37(89)24(86)9-74/h16,21-64,73-78,83-102H,6-15H2,1-5H3,(H,69,79)(H,70,80)(H,71,81)(H,72,82)(H,103,104)(H,105,106)/t16-,21-,22-,23+,24+,25+,26+,27+,28+,29+,30+,31+,32+,33+,34+,35+,36+,37+,38-,39-,40-,41+,42+,43-,44+,45+,46-,47+,48+,49+,50+,51+,52+,53+,54+,55+,56-,57-,58?,59+,60-,61-,62-,63-,64-,67+,68-/m0/s1. The molecule has 9 aliphatic rings. The molecule has 55 nitrogen and oxygen atoms in total. The van der Waals surface area contributed by atoms with E-state index in [0.717, 1.165) is 27.7 Å². The fourth-order valence-corrected chi connectivity index (χ4v) is 15.7. The van der Waals surface area contributed by atoms with Gasteiger partial charge in [0.15, 0.2) is 44.0 Å². The highest BCUT2D eigenvalue weighted by Crippen LogP contribution is 2.43. The summed E-state index contributed by atoms with van der Waals surface area (Å²) in [5.74, 6) is -14.5. The minimum Gasteiger partial charge on any atom is -0.477 e. The van der Waals surface area contributed by atoms with E-state index in [9.17, 15) is 172 Å². The third-order valence-electron chi connectivity index (χ3n) is 22.3. The quantitative estimate of drug-likeness (QED) is 0.0284. The van der Waals surface area contributed by atoms with E-state index in [0.29, 0.717) is 0 Å². The van der Waals surface area contributed by atoms with Gasteiger partial charge < -0.3 is 245 Å². The van der Waals surface area contributed by atoms with Gasteiger partial charge in [-0.05, 0) is 6.92 Å². The molecule has 55 heteroatoms. The molecule has 4 amide bonds. The molecular weight excluding hydrogens is 1690 g/mol. The largest absolute Gasteiger partial charge is 0.477 e. The average Bonchev–Trinajstić information content (AvgIpc) is 0.752. The van der Waals surface area contributed by atoms with Crippen LogP contribution in [0.4, 0.5) is 0 Å². The van der Waals surface area contributed by atoms with Gasteiger partial charge in [0.1, 0.15) is 201 Å². The molecule has 1 unspecified atom stereocenters. The van der Waals surface area contributed by atoms with E-state index in [2.05, 4.69) is 21.3 Å². The van der Waals surface area contributed by atoms with Gasteiger partial charge in [0.2, 0.25) is 23.6 Å². The molecule has 9 heterocycles. The molecule has 47 atom stereocenters. The van der Waals surface area contributed by atoms with Crippen LogP contribution in [-0.2, 0) is 109 Å². The van der Waals surface area contributed by atoms with Crippen LogP contribution in [0.5, 0.6) is 0 Å². The first-order chi connectivity index (χ1) is 57.8. The number of carbonyl (C=O) groups is 6. The lowest BCUT2D eigenvalue weighted by molar-refractivity contribution is -0.395. The molecule has 0 spiro atoms. The Bertz CT molecular complexity index is 3430. The first-order valence-corrected chi connectivity index (χ1v) is 38.7. The number of hydrogen-bond donors (Lipinski definition) is 32. The minimum absolute atomic E-state index is 0.856. The molecule has 0 bridgehead atoms. The Hall–Kier alpha value is -4.90. The summed E-state index contributed by atoms with van der Waals surface area (Å²) in [4.78, 5) is 77.6. The Morgan fingerprint density at radius 1 is 0.358 bits per heavy atom. The molecule has 0 radical (unpaired) electrons. The third-order valence-corrected chi connectivity index (χ3v) is 22.3. The predicted molar refractivity (Wildman–Crippen MR) is 376 cm³/mol. The van der Waals surface area contributed by atoms with Gasteiger partial charge >= 0.3 is 11.9 Å². The molecule has 0 aromatic rings. The summed E-state index contributed by atoms with van der Waals surface area (Å²) in [6.07, 6.45) is -93.2. The number of hydrogen-bond acceptors (Lipinski definition) is 49. The van der Waals surface area contributed by atoms with Gasteiger partial charge in [-0.2, -0.15) is 0 Å². The summed E-state index contributed by atoms with van der Waals surface area (Å²) < 4.78 is 100. The SMILES string of the molecule is CC(=O)N[C@H]1[C@H](OC[C@H]2O[C@@H](O[C@H]3[C@H](O)[C@@H](O)C(O)O[C@@H]3CO)[C@H](O)[C@@H](O[C@@H]3O[C@H](CO)[C@@H](O[C@@H]4O[C@H](CO[C@]5(C(=O)O)C[C@H](O)[C@@H](NC(C)=O)[C@H]([C@H](O)[C@H](O)CO)O5)[C@H](O)[C@H](O)[C@H]4O)[C@H](O[C@@H]4O[C@@H](C)[C@@H](O)[C@@H](O)[C@@H]4O)[C@H]3NC(C)=O)[C@H]2O)O[C@H](CO)[C@@H](O[C@@H]2O[C@H](CO)[C@H](O)[C@H](O[C@]3(C(=O)O)C[C@H](O)[C@@H](NC(C)=O)[C@H]([C@H](O)[C@H](O)CO)O3)[C@H]2O)[C@@H]1O. The van der Waals surface area contributed by atoms with Crippen molar-refractivity contribution in [3.63, 3.8) is 0 Å². The monoisotopic (exact) mass is 1800 g/mol. The second-order valence-corrected chi connectivity index (χ2v) is 31.0. The van der Waals surface area contributed by atoms with Crippen LogP contribution in [0, 0.1) is 0 Å². The first kappa shape index (κ1) is 102. The van der Waals surface area contributed by atoms with E-state index in [1.54, 1.807) is 0 Å². The van der Waals surface area contributed by atoms with Crippen LogP contribution in [-0.4, -0.2) is 519 Å².